The standard InChI is InChI=1S/C27H31NO5/c1-4-32-21-13-7-9-18(15-21)24-23(26(30)27(31)28(24)20-11-5-6-12-20)25(29)19-10-8-14-22(16-19)33-17(2)3/h7-10,13-17,20,24,29H,4-6,11-12H2,1-3H3/b25-23-. The van der Waals surface area contributed by atoms with Gasteiger partial charge >= 0.3 is 0 Å². The van der Waals surface area contributed by atoms with E-state index in [1.165, 1.54) is 0 Å². The lowest BCUT2D eigenvalue weighted by atomic mass is 9.94. The highest BCUT2D eigenvalue weighted by Gasteiger charge is 2.49. The maximum absolute atomic E-state index is 13.3. The maximum atomic E-state index is 13.3. The molecular formula is C27H31NO5. The zero-order valence-corrected chi connectivity index (χ0v) is 19.4. The van der Waals surface area contributed by atoms with Gasteiger partial charge in [0.1, 0.15) is 17.3 Å². The van der Waals surface area contributed by atoms with Gasteiger partial charge in [0.2, 0.25) is 0 Å². The Labute approximate surface area is 194 Å². The van der Waals surface area contributed by atoms with E-state index in [1.54, 1.807) is 29.2 Å². The summed E-state index contributed by atoms with van der Waals surface area (Å²) in [6.07, 6.45) is 3.72. The van der Waals surface area contributed by atoms with Crippen LogP contribution in [0.15, 0.2) is 54.1 Å². The number of aliphatic hydroxyl groups is 1. The molecule has 1 unspecified atom stereocenters. The number of likely N-dealkylation sites (tertiary alicyclic amines) is 1. The normalized spacial score (nSPS) is 20.6. The lowest BCUT2D eigenvalue weighted by molar-refractivity contribution is -0.141. The SMILES string of the molecule is CCOc1cccc(C2/C(=C(/O)c3cccc(OC(C)C)c3)C(=O)C(=O)N2C2CCCC2)c1. The van der Waals surface area contributed by atoms with Crippen LogP contribution in [0.25, 0.3) is 5.76 Å². The summed E-state index contributed by atoms with van der Waals surface area (Å²) in [7, 11) is 0. The summed E-state index contributed by atoms with van der Waals surface area (Å²) in [4.78, 5) is 28.2. The molecule has 2 aromatic carbocycles. The topological polar surface area (TPSA) is 76.1 Å². The van der Waals surface area contributed by atoms with Crippen LogP contribution < -0.4 is 9.47 Å². The first-order chi connectivity index (χ1) is 15.9. The summed E-state index contributed by atoms with van der Waals surface area (Å²) in [5.41, 5.74) is 1.31. The monoisotopic (exact) mass is 449 g/mol. The van der Waals surface area contributed by atoms with Gasteiger partial charge in [0.15, 0.2) is 0 Å². The van der Waals surface area contributed by atoms with E-state index in [9.17, 15) is 14.7 Å². The van der Waals surface area contributed by atoms with Crippen molar-refractivity contribution in [2.45, 2.75) is 64.6 Å². The van der Waals surface area contributed by atoms with Gasteiger partial charge in [-0.25, -0.2) is 0 Å². The molecule has 6 nitrogen and oxygen atoms in total. The Balaban J connectivity index is 1.84. The van der Waals surface area contributed by atoms with Gasteiger partial charge in [-0.05, 0) is 63.4 Å². The molecule has 1 N–H and O–H groups in total. The fourth-order valence-electron chi connectivity index (χ4n) is 4.82. The third-order valence-electron chi connectivity index (χ3n) is 6.16. The third kappa shape index (κ3) is 4.61. The van der Waals surface area contributed by atoms with Gasteiger partial charge < -0.3 is 19.5 Å². The lowest BCUT2D eigenvalue weighted by Gasteiger charge is -2.31. The summed E-state index contributed by atoms with van der Waals surface area (Å²) in [6.45, 7) is 6.26. The smallest absolute Gasteiger partial charge is 0.295 e. The second-order valence-corrected chi connectivity index (χ2v) is 8.84. The van der Waals surface area contributed by atoms with Gasteiger partial charge in [-0.2, -0.15) is 0 Å². The van der Waals surface area contributed by atoms with Crippen LogP contribution in [0.1, 0.15) is 63.6 Å². The number of nitrogens with zero attached hydrogens (tertiary/aromatic N) is 1. The summed E-state index contributed by atoms with van der Waals surface area (Å²) >= 11 is 0. The van der Waals surface area contributed by atoms with E-state index in [4.69, 9.17) is 9.47 Å². The zero-order chi connectivity index (χ0) is 23.5. The Morgan fingerprint density at radius 2 is 1.76 bits per heavy atom. The Hall–Kier alpha value is -3.28. The van der Waals surface area contributed by atoms with Gasteiger partial charge in [0.25, 0.3) is 11.7 Å². The Morgan fingerprint density at radius 3 is 2.45 bits per heavy atom. The van der Waals surface area contributed by atoms with Crippen molar-refractivity contribution in [3.63, 3.8) is 0 Å². The average Bonchev–Trinajstić information content (AvgIpc) is 3.40. The number of Topliss-reactive ketones (excluding diaryl/α,β-unsaturated/α-hetero) is 1. The van der Waals surface area contributed by atoms with Gasteiger partial charge in [0, 0.05) is 11.6 Å². The molecule has 2 aliphatic rings. The van der Waals surface area contributed by atoms with E-state index < -0.39 is 17.7 Å². The van der Waals surface area contributed by atoms with Crippen LogP contribution in [-0.4, -0.2) is 40.4 Å². The third-order valence-corrected chi connectivity index (χ3v) is 6.16. The minimum Gasteiger partial charge on any atom is -0.507 e. The van der Waals surface area contributed by atoms with Crippen molar-refractivity contribution in [1.82, 2.24) is 4.90 Å². The molecule has 0 radical (unpaired) electrons. The number of carbonyl (C=O) groups is 2. The number of rotatable bonds is 7. The quantitative estimate of drug-likeness (QED) is 0.356. The molecule has 174 valence electrons. The van der Waals surface area contributed by atoms with E-state index >= 15 is 0 Å². The Kier molecular flexibility index (Phi) is 6.72. The van der Waals surface area contributed by atoms with Crippen LogP contribution in [0, 0.1) is 0 Å². The van der Waals surface area contributed by atoms with Crippen molar-refractivity contribution in [3.05, 3.63) is 65.2 Å². The van der Waals surface area contributed by atoms with E-state index in [1.807, 2.05) is 45.0 Å². The van der Waals surface area contributed by atoms with Crippen molar-refractivity contribution in [1.29, 1.82) is 0 Å². The van der Waals surface area contributed by atoms with E-state index in [0.29, 0.717) is 23.7 Å². The molecule has 0 bridgehead atoms. The van der Waals surface area contributed by atoms with Crippen molar-refractivity contribution in [2.24, 2.45) is 0 Å². The fraction of sp³-hybridized carbons (Fsp3) is 0.407. The van der Waals surface area contributed by atoms with Crippen LogP contribution in [0.5, 0.6) is 11.5 Å². The minimum atomic E-state index is -0.664. The van der Waals surface area contributed by atoms with Crippen LogP contribution in [-0.2, 0) is 9.59 Å². The number of ketones is 1. The number of carbonyl (C=O) groups excluding carboxylic acids is 2. The maximum Gasteiger partial charge on any atom is 0.295 e. The van der Waals surface area contributed by atoms with Crippen molar-refractivity contribution in [3.8, 4) is 11.5 Å². The summed E-state index contributed by atoms with van der Waals surface area (Å²) in [5.74, 6) is -0.130. The predicted molar refractivity (Wildman–Crippen MR) is 126 cm³/mol. The average molecular weight is 450 g/mol. The van der Waals surface area contributed by atoms with Gasteiger partial charge in [-0.1, -0.05) is 37.1 Å². The molecule has 1 saturated heterocycles. The van der Waals surface area contributed by atoms with Crippen LogP contribution in [0.3, 0.4) is 0 Å². The first-order valence-electron chi connectivity index (χ1n) is 11.7. The van der Waals surface area contributed by atoms with Crippen molar-refractivity contribution >= 4 is 17.4 Å². The number of hydrogen-bond acceptors (Lipinski definition) is 5. The van der Waals surface area contributed by atoms with E-state index in [0.717, 1.165) is 31.2 Å². The molecule has 1 amide bonds. The van der Waals surface area contributed by atoms with Crippen LogP contribution in [0.4, 0.5) is 0 Å². The zero-order valence-electron chi connectivity index (χ0n) is 19.4. The van der Waals surface area contributed by atoms with Crippen LogP contribution >= 0.6 is 0 Å². The van der Waals surface area contributed by atoms with E-state index in [2.05, 4.69) is 0 Å². The number of aliphatic hydroxyl groups excluding tert-OH is 1. The summed E-state index contributed by atoms with van der Waals surface area (Å²) < 4.78 is 11.4. The molecule has 1 heterocycles. The van der Waals surface area contributed by atoms with Crippen LogP contribution in [0.2, 0.25) is 0 Å². The highest BCUT2D eigenvalue weighted by molar-refractivity contribution is 6.46. The molecular weight excluding hydrogens is 418 g/mol. The second-order valence-electron chi connectivity index (χ2n) is 8.84. The predicted octanol–water partition coefficient (Wildman–Crippen LogP) is 5.24. The van der Waals surface area contributed by atoms with E-state index in [-0.39, 0.29) is 23.5 Å². The molecule has 0 spiro atoms. The molecule has 2 fully saturated rings. The molecule has 1 saturated carbocycles. The Bertz CT molecular complexity index is 1070. The first kappa shape index (κ1) is 22.9. The second kappa shape index (κ2) is 9.69. The highest BCUT2D eigenvalue weighted by atomic mass is 16.5. The number of amides is 1. The molecule has 1 aliphatic carbocycles. The lowest BCUT2D eigenvalue weighted by Crippen LogP contribution is -2.37. The molecule has 33 heavy (non-hydrogen) atoms. The number of ether oxygens (including phenoxy) is 2. The molecule has 6 heteroatoms. The first-order valence-corrected chi connectivity index (χ1v) is 11.7. The minimum absolute atomic E-state index is 0.0249. The molecule has 4 rings (SSSR count). The summed E-state index contributed by atoms with van der Waals surface area (Å²) in [5, 5.41) is 11.3. The molecule has 0 aromatic heterocycles. The molecule has 1 aliphatic heterocycles. The van der Waals surface area contributed by atoms with Crippen molar-refractivity contribution in [2.75, 3.05) is 6.61 Å². The fourth-order valence-corrected chi connectivity index (χ4v) is 4.82. The largest absolute Gasteiger partial charge is 0.507 e. The summed E-state index contributed by atoms with van der Waals surface area (Å²) in [6, 6.07) is 13.7. The van der Waals surface area contributed by atoms with Crippen molar-refractivity contribution < 1.29 is 24.2 Å². The molecule has 2 aromatic rings. The van der Waals surface area contributed by atoms with Gasteiger partial charge in [0.05, 0.1) is 24.3 Å². The number of hydrogen-bond donors (Lipinski definition) is 1. The number of benzene rings is 2. The van der Waals surface area contributed by atoms with Gasteiger partial charge in [-0.15, -0.1) is 0 Å². The Morgan fingerprint density at radius 1 is 1.06 bits per heavy atom. The highest BCUT2D eigenvalue weighted by Crippen LogP contribution is 2.44. The molecule has 1 atom stereocenters. The van der Waals surface area contributed by atoms with Gasteiger partial charge in [-0.3, -0.25) is 9.59 Å².